The Morgan fingerprint density at radius 1 is 0.500 bits per heavy atom. The molecule has 0 aliphatic rings. The second kappa shape index (κ2) is 15.6. The number of hydrogen-bond acceptors (Lipinski definition) is 1. The lowest BCUT2D eigenvalue weighted by Crippen LogP contribution is -2.27. The highest BCUT2D eigenvalue weighted by molar-refractivity contribution is 8.01. The Balaban J connectivity index is 1.41. The molecular weight excluding hydrogens is 693 g/mol. The largest absolute Gasteiger partial charge is 0.139 e. The summed E-state index contributed by atoms with van der Waals surface area (Å²) in [5, 5.41) is 7.73. The zero-order valence-corrected chi connectivity index (χ0v) is 34.5. The summed E-state index contributed by atoms with van der Waals surface area (Å²) in [5.41, 5.74) is 13.0. The summed E-state index contributed by atoms with van der Waals surface area (Å²) >= 11 is 2.12. The van der Waals surface area contributed by atoms with Crippen molar-refractivity contribution < 1.29 is 0 Å². The van der Waals surface area contributed by atoms with Crippen LogP contribution in [0.25, 0.3) is 71.8 Å². The van der Waals surface area contributed by atoms with E-state index < -0.39 is 0 Å². The minimum absolute atomic E-state index is 0.0703. The van der Waals surface area contributed by atoms with Gasteiger partial charge in [0, 0.05) is 9.49 Å². The van der Waals surface area contributed by atoms with Gasteiger partial charge in [0.2, 0.25) is 0 Å². The van der Waals surface area contributed by atoms with E-state index in [4.69, 9.17) is 0 Å². The smallest absolute Gasteiger partial charge is 0.0412 e. The molecule has 0 atom stereocenters. The van der Waals surface area contributed by atoms with E-state index in [0.717, 1.165) is 19.3 Å². The number of allylic oxidation sites excluding steroid dienone is 1. The van der Waals surface area contributed by atoms with Gasteiger partial charge in [0.05, 0.1) is 0 Å². The summed E-state index contributed by atoms with van der Waals surface area (Å²) in [4.78, 5) is 0. The van der Waals surface area contributed by atoms with Crippen molar-refractivity contribution in [3.05, 3.63) is 186 Å². The zero-order valence-electron chi connectivity index (χ0n) is 33.7. The standard InChI is InChI=1S/C55H52S/c1-7-10-25-44-38(4)20-18-30-47(44)53-49-28-17-16-27-48(49)52(41-33-31-40(32-34-41)46-29-19-22-39-21-14-15-26-45(39)46)51-37-43(35-36-50(51)53)55(8-2,9-3)56-54(5,6)42-23-12-11-13-24-42/h10-37H,7-9H2,1-6H3/b25-10-. The van der Waals surface area contributed by atoms with Crippen LogP contribution >= 0.6 is 11.8 Å². The van der Waals surface area contributed by atoms with Crippen LogP contribution in [-0.2, 0) is 9.49 Å². The van der Waals surface area contributed by atoms with Gasteiger partial charge in [-0.05, 0) is 134 Å². The number of benzene rings is 8. The summed E-state index contributed by atoms with van der Waals surface area (Å²) < 4.78 is -0.147. The fourth-order valence-corrected chi connectivity index (χ4v) is 10.7. The van der Waals surface area contributed by atoms with E-state index in [2.05, 4.69) is 223 Å². The predicted molar refractivity (Wildman–Crippen MR) is 249 cm³/mol. The first kappa shape index (κ1) is 37.5. The van der Waals surface area contributed by atoms with Crippen LogP contribution in [-0.4, -0.2) is 0 Å². The molecular formula is C55H52S. The Kier molecular flexibility index (Phi) is 10.5. The first-order valence-corrected chi connectivity index (χ1v) is 21.2. The van der Waals surface area contributed by atoms with E-state index in [1.54, 1.807) is 0 Å². The molecule has 0 nitrogen and oxygen atoms in total. The van der Waals surface area contributed by atoms with Gasteiger partial charge in [-0.15, -0.1) is 11.8 Å². The van der Waals surface area contributed by atoms with Gasteiger partial charge in [-0.25, -0.2) is 0 Å². The SMILES string of the molecule is CC/C=C\c1c(C)cccc1-c1c2ccccc2c(-c2ccc(-c3cccc4ccccc34)cc2)c2cc(C(CC)(CC)SC(C)(C)c3ccccc3)ccc12. The monoisotopic (exact) mass is 744 g/mol. The van der Waals surface area contributed by atoms with Gasteiger partial charge in [0.1, 0.15) is 0 Å². The van der Waals surface area contributed by atoms with Crippen LogP contribution in [0.3, 0.4) is 0 Å². The molecule has 8 aromatic carbocycles. The molecule has 0 fully saturated rings. The molecule has 0 heterocycles. The van der Waals surface area contributed by atoms with Gasteiger partial charge in [-0.2, -0.15) is 0 Å². The van der Waals surface area contributed by atoms with Crippen LogP contribution in [0, 0.1) is 6.92 Å². The van der Waals surface area contributed by atoms with E-state index in [-0.39, 0.29) is 9.49 Å². The molecule has 0 unspecified atom stereocenters. The van der Waals surface area contributed by atoms with Crippen LogP contribution < -0.4 is 0 Å². The van der Waals surface area contributed by atoms with Gasteiger partial charge in [-0.3, -0.25) is 0 Å². The summed E-state index contributed by atoms with van der Waals surface area (Å²) in [6.07, 6.45) is 7.70. The molecule has 0 aliphatic carbocycles. The third kappa shape index (κ3) is 6.77. The normalized spacial score (nSPS) is 12.3. The van der Waals surface area contributed by atoms with Crippen molar-refractivity contribution in [2.45, 2.75) is 70.3 Å². The Morgan fingerprint density at radius 3 is 1.80 bits per heavy atom. The number of hydrogen-bond donors (Lipinski definition) is 0. The Hall–Kier alpha value is -5.37. The Morgan fingerprint density at radius 2 is 1.09 bits per heavy atom. The third-order valence-corrected chi connectivity index (χ3v) is 13.9. The van der Waals surface area contributed by atoms with Gasteiger partial charge in [-0.1, -0.05) is 185 Å². The van der Waals surface area contributed by atoms with E-state index in [9.17, 15) is 0 Å². The number of thioether (sulfide) groups is 1. The van der Waals surface area contributed by atoms with Crippen molar-refractivity contribution in [3.63, 3.8) is 0 Å². The summed E-state index contributed by atoms with van der Waals surface area (Å²) in [5.74, 6) is 0. The minimum Gasteiger partial charge on any atom is -0.139 e. The molecule has 0 aromatic heterocycles. The van der Waals surface area contributed by atoms with Crippen LogP contribution in [0.4, 0.5) is 0 Å². The van der Waals surface area contributed by atoms with Crippen molar-refractivity contribution in [3.8, 4) is 33.4 Å². The fraction of sp³-hybridized carbons (Fsp3) is 0.200. The molecule has 0 aliphatic heterocycles. The van der Waals surface area contributed by atoms with Gasteiger partial charge < -0.3 is 0 Å². The maximum absolute atomic E-state index is 2.57. The lowest BCUT2D eigenvalue weighted by molar-refractivity contribution is 0.566. The van der Waals surface area contributed by atoms with Crippen molar-refractivity contribution >= 4 is 50.2 Å². The molecule has 0 radical (unpaired) electrons. The highest BCUT2D eigenvalue weighted by Crippen LogP contribution is 2.54. The lowest BCUT2D eigenvalue weighted by atomic mass is 9.81. The quantitative estimate of drug-likeness (QED) is 0.119. The molecule has 0 amide bonds. The maximum atomic E-state index is 2.57. The highest BCUT2D eigenvalue weighted by atomic mass is 32.2. The van der Waals surface area contributed by atoms with Crippen molar-refractivity contribution in [1.29, 1.82) is 0 Å². The van der Waals surface area contributed by atoms with Gasteiger partial charge >= 0.3 is 0 Å². The van der Waals surface area contributed by atoms with E-state index in [1.165, 1.54) is 88.0 Å². The molecule has 8 rings (SSSR count). The number of aryl methyl sites for hydroxylation is 1. The average molecular weight is 745 g/mol. The average Bonchev–Trinajstić information content (AvgIpc) is 3.24. The first-order chi connectivity index (χ1) is 27.3. The van der Waals surface area contributed by atoms with E-state index >= 15 is 0 Å². The molecule has 0 saturated heterocycles. The second-order valence-corrected chi connectivity index (χ2v) is 17.7. The zero-order chi connectivity index (χ0) is 38.9. The topological polar surface area (TPSA) is 0 Å². The molecule has 8 aromatic rings. The van der Waals surface area contributed by atoms with Crippen molar-refractivity contribution in [2.24, 2.45) is 0 Å². The summed E-state index contributed by atoms with van der Waals surface area (Å²) in [6, 6.07) is 59.1. The van der Waals surface area contributed by atoms with E-state index in [0.29, 0.717) is 0 Å². The van der Waals surface area contributed by atoms with E-state index in [1.807, 2.05) is 0 Å². The predicted octanol–water partition coefficient (Wildman–Crippen LogP) is 16.6. The lowest BCUT2D eigenvalue weighted by Gasteiger charge is -2.40. The van der Waals surface area contributed by atoms with Crippen LogP contribution in [0.1, 0.15) is 76.1 Å². The maximum Gasteiger partial charge on any atom is 0.0412 e. The summed E-state index contributed by atoms with van der Waals surface area (Å²) in [6.45, 7) is 14.0. The van der Waals surface area contributed by atoms with Crippen molar-refractivity contribution in [1.82, 2.24) is 0 Å². The Bertz CT molecular complexity index is 2690. The molecule has 1 heteroatoms. The molecule has 278 valence electrons. The number of fused-ring (bicyclic) bond motifs is 3. The number of rotatable bonds is 11. The molecule has 0 bridgehead atoms. The fourth-order valence-electron chi connectivity index (χ4n) is 8.96. The van der Waals surface area contributed by atoms with Gasteiger partial charge in [0.25, 0.3) is 0 Å². The summed E-state index contributed by atoms with van der Waals surface area (Å²) in [7, 11) is 0. The van der Waals surface area contributed by atoms with Crippen LogP contribution in [0.5, 0.6) is 0 Å². The Labute approximate surface area is 338 Å². The highest BCUT2D eigenvalue weighted by Gasteiger charge is 2.37. The second-order valence-electron chi connectivity index (χ2n) is 15.7. The van der Waals surface area contributed by atoms with Gasteiger partial charge in [0.15, 0.2) is 0 Å². The molecule has 0 saturated carbocycles. The molecule has 0 N–H and O–H groups in total. The van der Waals surface area contributed by atoms with Crippen molar-refractivity contribution in [2.75, 3.05) is 0 Å². The first-order valence-electron chi connectivity index (χ1n) is 20.4. The minimum atomic E-state index is -0.0762. The molecule has 0 spiro atoms. The van der Waals surface area contributed by atoms with Crippen LogP contribution in [0.15, 0.2) is 164 Å². The molecule has 56 heavy (non-hydrogen) atoms. The third-order valence-electron chi connectivity index (χ3n) is 12.0. The van der Waals surface area contributed by atoms with Crippen LogP contribution in [0.2, 0.25) is 0 Å².